The van der Waals surface area contributed by atoms with Gasteiger partial charge in [0.2, 0.25) is 10.0 Å². The Kier molecular flexibility index (Phi) is 6.87. The fourth-order valence-electron chi connectivity index (χ4n) is 0.739. The van der Waals surface area contributed by atoms with E-state index >= 15 is 0 Å². The molecule has 16 heavy (non-hydrogen) atoms. The molecule has 94 valence electrons. The van der Waals surface area contributed by atoms with E-state index in [2.05, 4.69) is 10.1 Å². The zero-order valence-corrected chi connectivity index (χ0v) is 11.0. The summed E-state index contributed by atoms with van der Waals surface area (Å²) >= 11 is 16.6. The number of methoxy groups -OCH3 is 1. The molecular weight excluding hydrogens is 280 g/mol. The first kappa shape index (κ1) is 15.6. The first-order valence-electron chi connectivity index (χ1n) is 4.42. The van der Waals surface area contributed by atoms with Crippen LogP contribution in [0.4, 0.5) is 4.79 Å². The van der Waals surface area contributed by atoms with Crippen LogP contribution in [0.15, 0.2) is 0 Å². The van der Waals surface area contributed by atoms with Crippen LogP contribution in [-0.2, 0) is 14.3 Å². The summed E-state index contributed by atoms with van der Waals surface area (Å²) in [7, 11) is 1.14. The van der Waals surface area contributed by atoms with Gasteiger partial charge in [0.15, 0.2) is 0 Å². The first-order valence-corrected chi connectivity index (χ1v) is 5.55. The Bertz CT molecular complexity index is 254. The zero-order chi connectivity index (χ0) is 12.8. The molecule has 8 heteroatoms. The maximum absolute atomic E-state index is 11.2. The van der Waals surface area contributed by atoms with Gasteiger partial charge < -0.3 is 9.47 Å². The summed E-state index contributed by atoms with van der Waals surface area (Å²) in [6, 6.07) is 0. The highest BCUT2D eigenvalue weighted by Gasteiger charge is 2.37. The van der Waals surface area contributed by atoms with E-state index in [-0.39, 0.29) is 6.42 Å². The van der Waals surface area contributed by atoms with Crippen molar-refractivity contribution >= 4 is 46.9 Å². The molecule has 1 amide bonds. The molecule has 0 unspecified atom stereocenters. The minimum Gasteiger partial charge on any atom is -0.453 e. The van der Waals surface area contributed by atoms with Crippen LogP contribution in [0.3, 0.4) is 0 Å². The number of amides is 1. The number of alkyl carbamates (subject to hydrolysis) is 1. The van der Waals surface area contributed by atoms with E-state index in [1.807, 2.05) is 0 Å². The lowest BCUT2D eigenvalue weighted by atomic mass is 10.3. The van der Waals surface area contributed by atoms with Gasteiger partial charge in [-0.25, -0.2) is 4.79 Å². The highest BCUT2D eigenvalue weighted by molar-refractivity contribution is 6.68. The SMILES string of the molecule is CCCC(=O)O[C@H](NC(=O)OC)C(Cl)(Cl)Cl. The Balaban J connectivity index is 4.44. The molecule has 0 aliphatic heterocycles. The average molecular weight is 293 g/mol. The monoisotopic (exact) mass is 291 g/mol. The molecule has 0 bridgehead atoms. The number of ether oxygens (including phenoxy) is 2. The average Bonchev–Trinajstić information content (AvgIpc) is 2.15. The van der Waals surface area contributed by atoms with Gasteiger partial charge in [-0.15, -0.1) is 0 Å². The van der Waals surface area contributed by atoms with Crippen LogP contribution in [0, 0.1) is 0 Å². The van der Waals surface area contributed by atoms with Crippen molar-refractivity contribution in [2.24, 2.45) is 0 Å². The van der Waals surface area contributed by atoms with Gasteiger partial charge in [-0.1, -0.05) is 41.7 Å². The number of esters is 1. The van der Waals surface area contributed by atoms with Gasteiger partial charge in [0.1, 0.15) is 0 Å². The summed E-state index contributed by atoms with van der Waals surface area (Å²) < 4.78 is 7.12. The van der Waals surface area contributed by atoms with E-state index in [0.717, 1.165) is 7.11 Å². The van der Waals surface area contributed by atoms with Crippen LogP contribution in [0.25, 0.3) is 0 Å². The molecule has 0 aliphatic carbocycles. The standard InChI is InChI=1S/C8H12Cl3NO4/c1-3-4-5(13)16-6(8(9,10)11)12-7(14)15-2/h6H,3-4H2,1-2H3,(H,12,14)/t6-/m0/s1. The topological polar surface area (TPSA) is 64.6 Å². The predicted molar refractivity (Wildman–Crippen MR) is 60.6 cm³/mol. The number of halogens is 3. The van der Waals surface area contributed by atoms with Crippen LogP contribution in [0.1, 0.15) is 19.8 Å². The number of hydrogen-bond donors (Lipinski definition) is 1. The largest absolute Gasteiger partial charge is 0.453 e. The lowest BCUT2D eigenvalue weighted by molar-refractivity contribution is -0.150. The minimum absolute atomic E-state index is 0.167. The number of rotatable bonds is 4. The number of nitrogens with one attached hydrogen (secondary N) is 1. The molecule has 5 nitrogen and oxygen atoms in total. The summed E-state index contributed by atoms with van der Waals surface area (Å²) in [6.07, 6.45) is -1.49. The molecule has 0 saturated carbocycles. The lowest BCUT2D eigenvalue weighted by Crippen LogP contribution is -2.46. The van der Waals surface area contributed by atoms with Gasteiger partial charge in [0.25, 0.3) is 0 Å². The molecule has 0 aliphatic rings. The van der Waals surface area contributed by atoms with Gasteiger partial charge in [-0.3, -0.25) is 10.1 Å². The summed E-state index contributed by atoms with van der Waals surface area (Å²) in [4.78, 5) is 22.1. The van der Waals surface area contributed by atoms with Crippen molar-refractivity contribution in [3.8, 4) is 0 Å². The third-order valence-electron chi connectivity index (χ3n) is 1.44. The van der Waals surface area contributed by atoms with E-state index in [0.29, 0.717) is 6.42 Å². The molecule has 1 N–H and O–H groups in total. The molecular formula is C8H12Cl3NO4. The summed E-state index contributed by atoms with van der Waals surface area (Å²) in [5.74, 6) is -0.574. The smallest absolute Gasteiger partial charge is 0.409 e. The number of alkyl halides is 3. The predicted octanol–water partition coefficient (Wildman–Crippen LogP) is 2.38. The van der Waals surface area contributed by atoms with Crippen molar-refractivity contribution in [3.63, 3.8) is 0 Å². The number of carbonyl (C=O) groups excluding carboxylic acids is 2. The Morgan fingerprint density at radius 2 is 1.94 bits per heavy atom. The van der Waals surface area contributed by atoms with Crippen molar-refractivity contribution in [3.05, 3.63) is 0 Å². The van der Waals surface area contributed by atoms with Crippen molar-refractivity contribution in [1.82, 2.24) is 5.32 Å². The third-order valence-corrected chi connectivity index (χ3v) is 2.03. The van der Waals surface area contributed by atoms with E-state index < -0.39 is 22.1 Å². The molecule has 0 aromatic heterocycles. The van der Waals surface area contributed by atoms with E-state index in [4.69, 9.17) is 39.5 Å². The van der Waals surface area contributed by atoms with Crippen LogP contribution in [0.5, 0.6) is 0 Å². The van der Waals surface area contributed by atoms with Crippen LogP contribution < -0.4 is 5.32 Å². The van der Waals surface area contributed by atoms with E-state index in [9.17, 15) is 9.59 Å². The van der Waals surface area contributed by atoms with Crippen molar-refractivity contribution in [1.29, 1.82) is 0 Å². The molecule has 0 aromatic carbocycles. The highest BCUT2D eigenvalue weighted by atomic mass is 35.6. The van der Waals surface area contributed by atoms with Crippen LogP contribution in [-0.4, -0.2) is 29.2 Å². The fraction of sp³-hybridized carbons (Fsp3) is 0.750. The Morgan fingerprint density at radius 3 is 2.31 bits per heavy atom. The molecule has 0 spiro atoms. The first-order chi connectivity index (χ1) is 7.31. The maximum Gasteiger partial charge on any atom is 0.409 e. The Morgan fingerprint density at radius 1 is 1.38 bits per heavy atom. The quantitative estimate of drug-likeness (QED) is 0.491. The van der Waals surface area contributed by atoms with Gasteiger partial charge in [-0.05, 0) is 6.42 Å². The van der Waals surface area contributed by atoms with Crippen LogP contribution in [0.2, 0.25) is 0 Å². The van der Waals surface area contributed by atoms with Gasteiger partial charge in [0, 0.05) is 6.42 Å². The normalized spacial score (nSPS) is 12.8. The van der Waals surface area contributed by atoms with Gasteiger partial charge >= 0.3 is 12.1 Å². The van der Waals surface area contributed by atoms with Gasteiger partial charge in [0.05, 0.1) is 7.11 Å². The second-order valence-corrected chi connectivity index (χ2v) is 5.17. The lowest BCUT2D eigenvalue weighted by Gasteiger charge is -2.24. The third kappa shape index (κ3) is 6.25. The molecule has 0 fully saturated rings. The molecule has 1 atom stereocenters. The van der Waals surface area contributed by atoms with E-state index in [1.54, 1.807) is 6.92 Å². The molecule has 0 radical (unpaired) electrons. The summed E-state index contributed by atoms with van der Waals surface area (Å²) in [5.41, 5.74) is 0. The number of carbonyl (C=O) groups is 2. The molecule has 0 heterocycles. The maximum atomic E-state index is 11.2. The highest BCUT2D eigenvalue weighted by Crippen LogP contribution is 2.31. The van der Waals surface area contributed by atoms with Crippen molar-refractivity contribution in [2.75, 3.05) is 7.11 Å². The molecule has 0 rings (SSSR count). The minimum atomic E-state index is -1.96. The van der Waals surface area contributed by atoms with Crippen LogP contribution >= 0.6 is 34.8 Å². The van der Waals surface area contributed by atoms with Crippen molar-refractivity contribution < 1.29 is 19.1 Å². The Hall–Kier alpha value is -0.390. The van der Waals surface area contributed by atoms with Gasteiger partial charge in [-0.2, -0.15) is 0 Å². The summed E-state index contributed by atoms with van der Waals surface area (Å²) in [6.45, 7) is 1.79. The molecule has 0 saturated heterocycles. The Labute approximate surface area is 108 Å². The summed E-state index contributed by atoms with van der Waals surface area (Å²) in [5, 5.41) is 2.10. The second-order valence-electron chi connectivity index (χ2n) is 2.80. The number of hydrogen-bond acceptors (Lipinski definition) is 4. The van der Waals surface area contributed by atoms with Crippen molar-refractivity contribution in [2.45, 2.75) is 29.8 Å². The van der Waals surface area contributed by atoms with E-state index in [1.165, 1.54) is 0 Å². The fourth-order valence-corrected chi connectivity index (χ4v) is 1.04. The molecule has 0 aromatic rings. The second kappa shape index (κ2) is 7.04. The zero-order valence-electron chi connectivity index (χ0n) is 8.76.